The summed E-state index contributed by atoms with van der Waals surface area (Å²) in [5.41, 5.74) is 2.13. The number of ether oxygens (including phenoxy) is 1. The van der Waals surface area contributed by atoms with Gasteiger partial charge in [-0.1, -0.05) is 27.7 Å². The molecule has 1 aliphatic heterocycles. The lowest BCUT2D eigenvalue weighted by Gasteiger charge is -2.31. The van der Waals surface area contributed by atoms with Crippen LogP contribution in [0.1, 0.15) is 68.3 Å². The molecular formula is C20H27N3O3. The Morgan fingerprint density at radius 2 is 2.00 bits per heavy atom. The Morgan fingerprint density at radius 1 is 1.31 bits per heavy atom. The molecule has 1 atom stereocenters. The van der Waals surface area contributed by atoms with Crippen molar-refractivity contribution in [3.05, 3.63) is 28.6 Å². The molecule has 140 valence electrons. The van der Waals surface area contributed by atoms with Crippen LogP contribution in [-0.2, 0) is 22.4 Å². The van der Waals surface area contributed by atoms with Gasteiger partial charge in [-0.2, -0.15) is 0 Å². The van der Waals surface area contributed by atoms with Crippen LogP contribution in [-0.4, -0.2) is 35.3 Å². The van der Waals surface area contributed by atoms with Crippen LogP contribution in [0.25, 0.3) is 0 Å². The minimum absolute atomic E-state index is 0.0278. The van der Waals surface area contributed by atoms with Gasteiger partial charge in [0.1, 0.15) is 11.2 Å². The zero-order chi connectivity index (χ0) is 19.3. The smallest absolute Gasteiger partial charge is 0.340 e. The van der Waals surface area contributed by atoms with Gasteiger partial charge in [-0.3, -0.25) is 4.79 Å². The summed E-state index contributed by atoms with van der Waals surface area (Å²) < 4.78 is 4.96. The van der Waals surface area contributed by atoms with Crippen molar-refractivity contribution in [3.8, 4) is 0 Å². The third-order valence-electron chi connectivity index (χ3n) is 5.69. The largest absolute Gasteiger partial charge is 0.465 e. The monoisotopic (exact) mass is 357 g/mol. The third-order valence-corrected chi connectivity index (χ3v) is 5.69. The van der Waals surface area contributed by atoms with Crippen molar-refractivity contribution in [2.45, 2.75) is 59.4 Å². The topological polar surface area (TPSA) is 80.7 Å². The van der Waals surface area contributed by atoms with Crippen molar-refractivity contribution < 1.29 is 14.3 Å². The number of methoxy groups -OCH3 is 1. The zero-order valence-corrected chi connectivity index (χ0v) is 16.4. The highest BCUT2D eigenvalue weighted by Crippen LogP contribution is 2.35. The Balaban J connectivity index is 2.13. The van der Waals surface area contributed by atoms with Crippen molar-refractivity contribution in [1.29, 1.82) is 0 Å². The van der Waals surface area contributed by atoms with E-state index in [2.05, 4.69) is 24.2 Å². The van der Waals surface area contributed by atoms with Crippen LogP contribution in [0.4, 0.5) is 0 Å². The summed E-state index contributed by atoms with van der Waals surface area (Å²) in [6, 6.07) is 1.87. The number of aromatic nitrogens is 1. The number of hydrogen-bond donors (Lipinski definition) is 1. The molecule has 26 heavy (non-hydrogen) atoms. The Hall–Kier alpha value is -2.24. The van der Waals surface area contributed by atoms with Crippen LogP contribution in [0.2, 0.25) is 0 Å². The summed E-state index contributed by atoms with van der Waals surface area (Å²) in [7, 11) is 1.35. The van der Waals surface area contributed by atoms with E-state index in [9.17, 15) is 9.59 Å². The first-order valence-corrected chi connectivity index (χ1v) is 9.10. The summed E-state index contributed by atoms with van der Waals surface area (Å²) in [4.78, 5) is 34.2. The summed E-state index contributed by atoms with van der Waals surface area (Å²) in [6.45, 7) is 10.2. The number of esters is 1. The van der Waals surface area contributed by atoms with Gasteiger partial charge in [0.25, 0.3) is 5.91 Å². The molecule has 1 aliphatic carbocycles. The maximum absolute atomic E-state index is 12.5. The summed E-state index contributed by atoms with van der Waals surface area (Å²) in [5, 5.41) is 2.83. The Labute approximate surface area is 154 Å². The van der Waals surface area contributed by atoms with Crippen LogP contribution >= 0.6 is 0 Å². The summed E-state index contributed by atoms with van der Waals surface area (Å²) in [6.07, 6.45) is 2.74. The van der Waals surface area contributed by atoms with E-state index in [1.165, 1.54) is 7.11 Å². The van der Waals surface area contributed by atoms with E-state index < -0.39 is 11.5 Å². The lowest BCUT2D eigenvalue weighted by atomic mass is 9.75. The number of nitrogens with zero attached hydrogens (tertiary/aromatic N) is 2. The molecule has 1 aromatic rings. The van der Waals surface area contributed by atoms with Crippen LogP contribution in [0.3, 0.4) is 0 Å². The Morgan fingerprint density at radius 3 is 2.58 bits per heavy atom. The van der Waals surface area contributed by atoms with E-state index in [-0.39, 0.29) is 17.2 Å². The van der Waals surface area contributed by atoms with Crippen molar-refractivity contribution >= 4 is 17.7 Å². The van der Waals surface area contributed by atoms with Gasteiger partial charge in [0.15, 0.2) is 5.84 Å². The zero-order valence-electron chi connectivity index (χ0n) is 16.4. The van der Waals surface area contributed by atoms with Gasteiger partial charge in [-0.25, -0.2) is 14.8 Å². The first-order chi connectivity index (χ1) is 12.1. The summed E-state index contributed by atoms with van der Waals surface area (Å²) >= 11 is 0. The van der Waals surface area contributed by atoms with Gasteiger partial charge in [-0.15, -0.1) is 0 Å². The van der Waals surface area contributed by atoms with E-state index in [1.54, 1.807) is 6.92 Å². The van der Waals surface area contributed by atoms with Crippen molar-refractivity contribution in [2.24, 2.45) is 16.3 Å². The van der Waals surface area contributed by atoms with Gasteiger partial charge >= 0.3 is 5.97 Å². The van der Waals surface area contributed by atoms with Gasteiger partial charge in [0.05, 0.1) is 12.7 Å². The number of hydrogen-bond acceptors (Lipinski definition) is 5. The molecule has 0 radical (unpaired) electrons. The maximum atomic E-state index is 12.5. The number of carbonyl (C=O) groups excluding carboxylic acids is 2. The fraction of sp³-hybridized carbons (Fsp3) is 0.600. The minimum Gasteiger partial charge on any atom is -0.465 e. The molecule has 1 aromatic heterocycles. The van der Waals surface area contributed by atoms with E-state index in [4.69, 9.17) is 9.72 Å². The lowest BCUT2D eigenvalue weighted by molar-refractivity contribution is -0.124. The van der Waals surface area contributed by atoms with Gasteiger partial charge in [0.2, 0.25) is 0 Å². The van der Waals surface area contributed by atoms with Gasteiger partial charge in [-0.05, 0) is 49.1 Å². The molecule has 6 nitrogen and oxygen atoms in total. The molecule has 1 amide bonds. The quantitative estimate of drug-likeness (QED) is 0.844. The van der Waals surface area contributed by atoms with Gasteiger partial charge in [0, 0.05) is 5.69 Å². The number of aliphatic imine (C=N–C) groups is 1. The van der Waals surface area contributed by atoms with Crippen LogP contribution in [0.5, 0.6) is 0 Å². The molecule has 0 aromatic carbocycles. The molecule has 2 aliphatic rings. The lowest BCUT2D eigenvalue weighted by Crippen LogP contribution is -2.41. The number of amidine groups is 1. The molecule has 3 rings (SSSR count). The fourth-order valence-electron chi connectivity index (χ4n) is 3.52. The summed E-state index contributed by atoms with van der Waals surface area (Å²) in [5.74, 6) is -0.244. The number of nitrogens with one attached hydrogen (secondary N) is 1. The molecule has 0 bridgehead atoms. The van der Waals surface area contributed by atoms with E-state index in [0.717, 1.165) is 30.5 Å². The molecule has 1 unspecified atom stereocenters. The molecule has 0 saturated heterocycles. The molecule has 0 spiro atoms. The molecule has 6 heteroatoms. The maximum Gasteiger partial charge on any atom is 0.340 e. The normalized spacial score (nSPS) is 24.1. The van der Waals surface area contributed by atoms with Gasteiger partial charge < -0.3 is 10.1 Å². The highest BCUT2D eigenvalue weighted by molar-refractivity contribution is 6.17. The molecule has 1 N–H and O–H groups in total. The molecule has 0 fully saturated rings. The second-order valence-corrected chi connectivity index (χ2v) is 8.54. The standard InChI is InChI=1S/C20H27N3O3/c1-11(2)20(5)18(25)22-16(23-20)15-13(17(24)26-6)9-12-10-19(3,4)8-7-14(12)21-15/h9,11H,7-8,10H2,1-6H3,(H,22,23,25). The van der Waals surface area contributed by atoms with Crippen molar-refractivity contribution in [2.75, 3.05) is 7.11 Å². The second-order valence-electron chi connectivity index (χ2n) is 8.54. The number of carbonyl (C=O) groups is 2. The van der Waals surface area contributed by atoms with Crippen LogP contribution < -0.4 is 5.32 Å². The van der Waals surface area contributed by atoms with Crippen molar-refractivity contribution in [1.82, 2.24) is 10.3 Å². The molecular weight excluding hydrogens is 330 g/mol. The SMILES string of the molecule is COC(=O)c1cc2c(nc1C1=NC(C)(C(C)C)C(=O)N1)CCC(C)(C)C2. The van der Waals surface area contributed by atoms with Crippen LogP contribution in [0, 0.1) is 11.3 Å². The molecule has 0 saturated carbocycles. The predicted octanol–water partition coefficient (Wildman–Crippen LogP) is 2.67. The highest BCUT2D eigenvalue weighted by atomic mass is 16.5. The number of aryl methyl sites for hydroxylation is 1. The number of fused-ring (bicyclic) bond motifs is 1. The number of amides is 1. The Kier molecular flexibility index (Phi) is 4.41. The van der Waals surface area contributed by atoms with E-state index >= 15 is 0 Å². The number of rotatable bonds is 3. The van der Waals surface area contributed by atoms with E-state index in [0.29, 0.717) is 17.1 Å². The first kappa shape index (κ1) is 18.5. The Bertz CT molecular complexity index is 811. The highest BCUT2D eigenvalue weighted by Gasteiger charge is 2.43. The average Bonchev–Trinajstić information content (AvgIpc) is 2.88. The van der Waals surface area contributed by atoms with E-state index in [1.807, 2.05) is 19.9 Å². The first-order valence-electron chi connectivity index (χ1n) is 9.10. The third kappa shape index (κ3) is 3.02. The minimum atomic E-state index is -0.859. The van der Waals surface area contributed by atoms with Crippen molar-refractivity contribution in [3.63, 3.8) is 0 Å². The fourth-order valence-corrected chi connectivity index (χ4v) is 3.52. The average molecular weight is 357 g/mol. The number of pyridine rings is 1. The van der Waals surface area contributed by atoms with Crippen LogP contribution in [0.15, 0.2) is 11.1 Å². The molecule has 2 heterocycles. The second kappa shape index (κ2) is 6.18. The predicted molar refractivity (Wildman–Crippen MR) is 99.3 cm³/mol.